The van der Waals surface area contributed by atoms with E-state index in [-0.39, 0.29) is 17.5 Å². The first kappa shape index (κ1) is 19.0. The molecule has 0 radical (unpaired) electrons. The number of hydrogen-bond donors (Lipinski definition) is 4. The number of aliphatic hydroxyl groups excluding tert-OH is 1. The molecule has 0 fully saturated rings. The summed E-state index contributed by atoms with van der Waals surface area (Å²) in [5.41, 5.74) is 0.560. The SMILES string of the molecule is CC(O)C1CCCNS(=O)(=O)c2cccc(c2)Nc2ncc(Br)c(n2)N1. The lowest BCUT2D eigenvalue weighted by molar-refractivity contribution is 0.166. The number of aliphatic hydroxyl groups is 1. The minimum atomic E-state index is -3.61. The van der Waals surface area contributed by atoms with Crippen molar-refractivity contribution in [2.24, 2.45) is 0 Å². The van der Waals surface area contributed by atoms with Gasteiger partial charge < -0.3 is 15.7 Å². The average Bonchev–Trinajstić information content (AvgIpc) is 2.59. The molecule has 1 aliphatic heterocycles. The van der Waals surface area contributed by atoms with Crippen LogP contribution in [0, 0.1) is 0 Å². The normalized spacial score (nSPS) is 21.0. The summed E-state index contributed by atoms with van der Waals surface area (Å²) in [4.78, 5) is 8.80. The molecule has 8 nitrogen and oxygen atoms in total. The molecule has 0 spiro atoms. The summed E-state index contributed by atoms with van der Waals surface area (Å²) in [6.45, 7) is 1.96. The van der Waals surface area contributed by atoms with Gasteiger partial charge in [-0.3, -0.25) is 0 Å². The molecule has 1 aromatic carbocycles. The Morgan fingerprint density at radius 3 is 2.96 bits per heavy atom. The number of aromatic nitrogens is 2. The van der Waals surface area contributed by atoms with Crippen molar-refractivity contribution in [3.05, 3.63) is 34.9 Å². The van der Waals surface area contributed by atoms with Gasteiger partial charge in [-0.25, -0.2) is 18.1 Å². The summed E-state index contributed by atoms with van der Waals surface area (Å²) in [5, 5.41) is 16.2. The van der Waals surface area contributed by atoms with Gasteiger partial charge in [0, 0.05) is 18.4 Å². The van der Waals surface area contributed by atoms with Gasteiger partial charge in [0.15, 0.2) is 0 Å². The third kappa shape index (κ3) is 4.50. The van der Waals surface area contributed by atoms with Crippen molar-refractivity contribution in [2.75, 3.05) is 17.2 Å². The quantitative estimate of drug-likeness (QED) is 0.535. The number of anilines is 3. The maximum atomic E-state index is 12.4. The average molecular weight is 442 g/mol. The third-order valence-electron chi connectivity index (χ3n) is 4.03. The Labute approximate surface area is 160 Å². The molecule has 1 aromatic heterocycles. The second kappa shape index (κ2) is 7.87. The van der Waals surface area contributed by atoms with Crippen LogP contribution in [0.25, 0.3) is 0 Å². The van der Waals surface area contributed by atoms with E-state index in [0.29, 0.717) is 34.8 Å². The van der Waals surface area contributed by atoms with Crippen molar-refractivity contribution < 1.29 is 13.5 Å². The molecule has 2 unspecified atom stereocenters. The highest BCUT2D eigenvalue weighted by Crippen LogP contribution is 2.25. The Hall–Kier alpha value is -1.75. The fourth-order valence-electron chi connectivity index (χ4n) is 2.62. The van der Waals surface area contributed by atoms with Gasteiger partial charge >= 0.3 is 0 Å². The minimum absolute atomic E-state index is 0.169. The largest absolute Gasteiger partial charge is 0.391 e. The smallest absolute Gasteiger partial charge is 0.240 e. The second-order valence-corrected chi connectivity index (χ2v) is 8.70. The number of hydrogen-bond acceptors (Lipinski definition) is 7. The zero-order valence-corrected chi connectivity index (χ0v) is 16.5. The molecule has 140 valence electrons. The number of sulfonamides is 1. The summed E-state index contributed by atoms with van der Waals surface area (Å²) < 4.78 is 28.1. The fourth-order valence-corrected chi connectivity index (χ4v) is 4.05. The standard InChI is InChI=1S/C16H20BrN5O3S/c1-10(23)14-6-3-7-19-26(24,25)12-5-2-4-11(8-12)20-16-18-9-13(17)15(21-14)22-16/h2,4-5,8-10,14,19,23H,3,6-7H2,1H3,(H2,18,20,21,22). The molecule has 4 bridgehead atoms. The monoisotopic (exact) mass is 441 g/mol. The molecule has 0 aliphatic carbocycles. The zero-order chi connectivity index (χ0) is 18.7. The molecule has 0 saturated heterocycles. The highest BCUT2D eigenvalue weighted by atomic mass is 79.9. The summed E-state index contributed by atoms with van der Waals surface area (Å²) in [6.07, 6.45) is 2.10. The van der Waals surface area contributed by atoms with Gasteiger partial charge in [0.2, 0.25) is 16.0 Å². The number of fused-ring (bicyclic) bond motifs is 4. The van der Waals surface area contributed by atoms with E-state index in [0.717, 1.165) is 0 Å². The van der Waals surface area contributed by atoms with E-state index < -0.39 is 16.1 Å². The van der Waals surface area contributed by atoms with Crippen LogP contribution in [0.2, 0.25) is 0 Å². The molecule has 0 saturated carbocycles. The Balaban J connectivity index is 2.01. The van der Waals surface area contributed by atoms with Gasteiger partial charge in [0.1, 0.15) is 5.82 Å². The minimum Gasteiger partial charge on any atom is -0.391 e. The van der Waals surface area contributed by atoms with E-state index >= 15 is 0 Å². The molecule has 2 atom stereocenters. The van der Waals surface area contributed by atoms with Gasteiger partial charge in [-0.05, 0) is 53.9 Å². The molecular weight excluding hydrogens is 422 g/mol. The van der Waals surface area contributed by atoms with Crippen LogP contribution in [0.5, 0.6) is 0 Å². The van der Waals surface area contributed by atoms with Crippen molar-refractivity contribution in [1.29, 1.82) is 0 Å². The van der Waals surface area contributed by atoms with Crippen LogP contribution in [0.1, 0.15) is 19.8 Å². The fraction of sp³-hybridized carbons (Fsp3) is 0.375. The van der Waals surface area contributed by atoms with Crippen molar-refractivity contribution in [3.8, 4) is 0 Å². The Morgan fingerprint density at radius 2 is 2.19 bits per heavy atom. The number of rotatable bonds is 1. The molecular formula is C16H20BrN5O3S. The molecule has 2 heterocycles. The predicted octanol–water partition coefficient (Wildman–Crippen LogP) is 2.22. The second-order valence-electron chi connectivity index (χ2n) is 6.07. The molecule has 3 rings (SSSR count). The maximum Gasteiger partial charge on any atom is 0.240 e. The molecule has 26 heavy (non-hydrogen) atoms. The van der Waals surface area contributed by atoms with Crippen LogP contribution in [0.4, 0.5) is 17.5 Å². The Bertz CT molecular complexity index is 891. The van der Waals surface area contributed by atoms with E-state index in [2.05, 4.69) is 41.3 Å². The number of benzene rings is 1. The van der Waals surface area contributed by atoms with E-state index in [9.17, 15) is 13.5 Å². The van der Waals surface area contributed by atoms with E-state index in [1.165, 1.54) is 12.1 Å². The molecule has 2 aromatic rings. The summed E-state index contributed by atoms with van der Waals surface area (Å²) in [6, 6.07) is 6.18. The topological polar surface area (TPSA) is 116 Å². The molecule has 10 heteroatoms. The summed E-state index contributed by atoms with van der Waals surface area (Å²) in [5.74, 6) is 0.877. The van der Waals surface area contributed by atoms with Gasteiger partial charge in [0.25, 0.3) is 0 Å². The van der Waals surface area contributed by atoms with Crippen LogP contribution >= 0.6 is 15.9 Å². The van der Waals surface area contributed by atoms with Crippen molar-refractivity contribution in [2.45, 2.75) is 36.8 Å². The van der Waals surface area contributed by atoms with Crippen LogP contribution in [0.15, 0.2) is 39.8 Å². The first-order valence-electron chi connectivity index (χ1n) is 8.19. The Morgan fingerprint density at radius 1 is 1.38 bits per heavy atom. The lowest BCUT2D eigenvalue weighted by Crippen LogP contribution is -2.33. The van der Waals surface area contributed by atoms with E-state index in [1.807, 2.05) is 0 Å². The molecule has 1 aliphatic rings. The van der Waals surface area contributed by atoms with Crippen molar-refractivity contribution in [3.63, 3.8) is 0 Å². The van der Waals surface area contributed by atoms with Gasteiger partial charge in [-0.2, -0.15) is 4.98 Å². The van der Waals surface area contributed by atoms with E-state index in [1.54, 1.807) is 25.3 Å². The van der Waals surface area contributed by atoms with Crippen LogP contribution in [-0.4, -0.2) is 42.2 Å². The maximum absolute atomic E-state index is 12.4. The van der Waals surface area contributed by atoms with Gasteiger partial charge in [-0.1, -0.05) is 6.07 Å². The predicted molar refractivity (Wildman–Crippen MR) is 103 cm³/mol. The first-order chi connectivity index (χ1) is 12.3. The van der Waals surface area contributed by atoms with Crippen LogP contribution in [0.3, 0.4) is 0 Å². The third-order valence-corrected chi connectivity index (χ3v) is 6.07. The zero-order valence-electron chi connectivity index (χ0n) is 14.1. The highest BCUT2D eigenvalue weighted by molar-refractivity contribution is 9.10. The number of halogens is 1. The molecule has 4 N–H and O–H groups in total. The Kier molecular flexibility index (Phi) is 5.76. The van der Waals surface area contributed by atoms with Gasteiger partial charge in [0.05, 0.1) is 21.5 Å². The molecule has 0 amide bonds. The summed E-state index contributed by atoms with van der Waals surface area (Å²) in [7, 11) is -3.61. The van der Waals surface area contributed by atoms with Crippen molar-refractivity contribution >= 4 is 43.4 Å². The van der Waals surface area contributed by atoms with Crippen LogP contribution < -0.4 is 15.4 Å². The lowest BCUT2D eigenvalue weighted by atomic mass is 10.1. The van der Waals surface area contributed by atoms with Crippen LogP contribution in [-0.2, 0) is 10.0 Å². The number of nitrogens with zero attached hydrogens (tertiary/aromatic N) is 2. The summed E-state index contributed by atoms with van der Waals surface area (Å²) >= 11 is 3.41. The first-order valence-corrected chi connectivity index (χ1v) is 10.5. The van der Waals surface area contributed by atoms with E-state index in [4.69, 9.17) is 0 Å². The van der Waals surface area contributed by atoms with Crippen molar-refractivity contribution in [1.82, 2.24) is 14.7 Å². The number of nitrogens with one attached hydrogen (secondary N) is 3. The lowest BCUT2D eigenvalue weighted by Gasteiger charge is -2.23. The van der Waals surface area contributed by atoms with Gasteiger partial charge in [-0.15, -0.1) is 0 Å². The highest BCUT2D eigenvalue weighted by Gasteiger charge is 2.19.